The molecule has 2 N–H and O–H groups in total. The second-order valence-electron chi connectivity index (χ2n) is 3.92. The van der Waals surface area contributed by atoms with Gasteiger partial charge in [-0.05, 0) is 25.3 Å². The maximum Gasteiger partial charge on any atom is 0.321 e. The van der Waals surface area contributed by atoms with Crippen LogP contribution in [-0.4, -0.2) is 33.7 Å². The Hall–Kier alpha value is -1.67. The van der Waals surface area contributed by atoms with Gasteiger partial charge < -0.3 is 5.32 Å². The van der Waals surface area contributed by atoms with Crippen LogP contribution in [0.1, 0.15) is 13.8 Å². The van der Waals surface area contributed by atoms with Gasteiger partial charge in [0, 0.05) is 6.54 Å². The van der Waals surface area contributed by atoms with E-state index in [1.165, 1.54) is 29.4 Å². The fourth-order valence-electron chi connectivity index (χ4n) is 1.49. The number of thiophene rings is 1. The van der Waals surface area contributed by atoms with Crippen molar-refractivity contribution in [3.8, 4) is 0 Å². The molecule has 0 aliphatic carbocycles. The summed E-state index contributed by atoms with van der Waals surface area (Å²) >= 11 is 2.85. The van der Waals surface area contributed by atoms with Crippen LogP contribution in [0.2, 0.25) is 0 Å². The number of amides is 3. The molecule has 0 bridgehead atoms. The minimum Gasteiger partial charge on any atom is -0.338 e. The summed E-state index contributed by atoms with van der Waals surface area (Å²) in [4.78, 5) is 31.5. The van der Waals surface area contributed by atoms with Crippen molar-refractivity contribution in [2.24, 2.45) is 0 Å². The summed E-state index contributed by atoms with van der Waals surface area (Å²) in [6.45, 7) is 4.00. The van der Waals surface area contributed by atoms with E-state index in [9.17, 15) is 9.59 Å². The molecule has 106 valence electrons. The van der Waals surface area contributed by atoms with E-state index in [4.69, 9.17) is 0 Å². The van der Waals surface area contributed by atoms with Crippen LogP contribution in [0, 0.1) is 0 Å². The SMILES string of the molecule is CCNC(=O)NC(=O)C(C)Sc1ncnc2ccsc12. The molecule has 0 aliphatic rings. The molecule has 0 saturated carbocycles. The number of imide groups is 1. The van der Waals surface area contributed by atoms with Gasteiger partial charge in [0.2, 0.25) is 5.91 Å². The molecule has 2 rings (SSSR count). The number of thioether (sulfide) groups is 1. The predicted octanol–water partition coefficient (Wildman–Crippen LogP) is 2.02. The Bertz CT molecular complexity index is 629. The van der Waals surface area contributed by atoms with Crippen molar-refractivity contribution in [1.29, 1.82) is 0 Å². The molecule has 20 heavy (non-hydrogen) atoms. The molecule has 0 aliphatic heterocycles. The van der Waals surface area contributed by atoms with Gasteiger partial charge in [-0.15, -0.1) is 11.3 Å². The van der Waals surface area contributed by atoms with Crippen molar-refractivity contribution in [2.45, 2.75) is 24.1 Å². The first-order valence-electron chi connectivity index (χ1n) is 6.05. The Kier molecular flexibility index (Phi) is 4.91. The van der Waals surface area contributed by atoms with Crippen molar-refractivity contribution in [2.75, 3.05) is 6.54 Å². The van der Waals surface area contributed by atoms with Gasteiger partial charge in [-0.3, -0.25) is 10.1 Å². The molecule has 8 heteroatoms. The highest BCUT2D eigenvalue weighted by Gasteiger charge is 2.19. The molecule has 2 aromatic heterocycles. The fourth-order valence-corrected chi connectivity index (χ4v) is 3.33. The number of carbonyl (C=O) groups is 2. The van der Waals surface area contributed by atoms with E-state index in [0.717, 1.165) is 15.2 Å². The van der Waals surface area contributed by atoms with Crippen LogP contribution in [0.3, 0.4) is 0 Å². The van der Waals surface area contributed by atoms with Gasteiger partial charge in [0.1, 0.15) is 11.4 Å². The van der Waals surface area contributed by atoms with Gasteiger partial charge in [-0.25, -0.2) is 14.8 Å². The molecule has 3 amide bonds. The van der Waals surface area contributed by atoms with Gasteiger partial charge in [0.25, 0.3) is 0 Å². The second-order valence-corrected chi connectivity index (χ2v) is 6.17. The molecule has 2 heterocycles. The number of aromatic nitrogens is 2. The summed E-state index contributed by atoms with van der Waals surface area (Å²) < 4.78 is 0.954. The minimum atomic E-state index is -0.478. The first-order chi connectivity index (χ1) is 9.61. The standard InChI is InChI=1S/C12H14N4O2S2/c1-3-13-12(18)16-10(17)7(2)20-11-9-8(4-5-19-9)14-6-15-11/h4-7H,3H2,1-2H3,(H2,13,16,17,18). The maximum absolute atomic E-state index is 11.9. The molecule has 0 spiro atoms. The minimum absolute atomic E-state index is 0.343. The quantitative estimate of drug-likeness (QED) is 0.667. The van der Waals surface area contributed by atoms with Crippen molar-refractivity contribution >= 4 is 45.3 Å². The third-order valence-corrected chi connectivity index (χ3v) is 4.58. The molecule has 0 radical (unpaired) electrons. The normalized spacial score (nSPS) is 12.1. The summed E-state index contributed by atoms with van der Waals surface area (Å²) in [6, 6.07) is 1.43. The van der Waals surface area contributed by atoms with E-state index in [2.05, 4.69) is 20.6 Å². The third kappa shape index (κ3) is 3.45. The molecule has 0 aromatic carbocycles. The molecule has 6 nitrogen and oxygen atoms in total. The fraction of sp³-hybridized carbons (Fsp3) is 0.333. The molecule has 0 fully saturated rings. The average Bonchev–Trinajstić information content (AvgIpc) is 2.88. The number of nitrogens with zero attached hydrogens (tertiary/aromatic N) is 2. The molecule has 1 atom stereocenters. The summed E-state index contributed by atoms with van der Waals surface area (Å²) in [5.74, 6) is -0.343. The molecule has 1 unspecified atom stereocenters. The lowest BCUT2D eigenvalue weighted by molar-refractivity contribution is -0.119. The lowest BCUT2D eigenvalue weighted by Crippen LogP contribution is -2.42. The molecule has 2 aromatic rings. The first kappa shape index (κ1) is 14.7. The zero-order valence-electron chi connectivity index (χ0n) is 11.0. The van der Waals surface area contributed by atoms with Gasteiger partial charge >= 0.3 is 6.03 Å². The van der Waals surface area contributed by atoms with E-state index in [0.29, 0.717) is 6.54 Å². The summed E-state index contributed by atoms with van der Waals surface area (Å²) in [6.07, 6.45) is 1.48. The average molecular weight is 310 g/mol. The van der Waals surface area contributed by atoms with Crippen LogP contribution in [0.15, 0.2) is 22.8 Å². The number of hydrogen-bond acceptors (Lipinski definition) is 6. The Labute approximate surface area is 124 Å². The predicted molar refractivity (Wildman–Crippen MR) is 79.9 cm³/mol. The van der Waals surface area contributed by atoms with E-state index in [-0.39, 0.29) is 5.91 Å². The molecular weight excluding hydrogens is 296 g/mol. The number of carbonyl (C=O) groups excluding carboxylic acids is 2. The number of nitrogens with one attached hydrogen (secondary N) is 2. The Morgan fingerprint density at radius 3 is 3.00 bits per heavy atom. The molecular formula is C12H14N4O2S2. The third-order valence-electron chi connectivity index (χ3n) is 2.44. The highest BCUT2D eigenvalue weighted by Crippen LogP contribution is 2.31. The van der Waals surface area contributed by atoms with Crippen LogP contribution in [0.25, 0.3) is 10.2 Å². The van der Waals surface area contributed by atoms with E-state index >= 15 is 0 Å². The van der Waals surface area contributed by atoms with Crippen LogP contribution < -0.4 is 10.6 Å². The molecule has 0 saturated heterocycles. The Balaban J connectivity index is 2.04. The topological polar surface area (TPSA) is 84.0 Å². The van der Waals surface area contributed by atoms with Gasteiger partial charge in [0.15, 0.2) is 0 Å². The zero-order chi connectivity index (χ0) is 14.5. The monoisotopic (exact) mass is 310 g/mol. The highest BCUT2D eigenvalue weighted by atomic mass is 32.2. The van der Waals surface area contributed by atoms with Crippen molar-refractivity contribution in [1.82, 2.24) is 20.6 Å². The van der Waals surface area contributed by atoms with Crippen LogP contribution in [-0.2, 0) is 4.79 Å². The summed E-state index contributed by atoms with van der Waals surface area (Å²) in [5.41, 5.74) is 0.865. The van der Waals surface area contributed by atoms with Crippen LogP contribution in [0.5, 0.6) is 0 Å². The number of urea groups is 1. The van der Waals surface area contributed by atoms with E-state index < -0.39 is 11.3 Å². The number of rotatable bonds is 4. The van der Waals surface area contributed by atoms with E-state index in [1.807, 2.05) is 11.4 Å². The van der Waals surface area contributed by atoms with Crippen molar-refractivity contribution in [3.63, 3.8) is 0 Å². The van der Waals surface area contributed by atoms with Gasteiger partial charge in [-0.2, -0.15) is 0 Å². The first-order valence-corrected chi connectivity index (χ1v) is 7.81. The highest BCUT2D eigenvalue weighted by molar-refractivity contribution is 8.00. The van der Waals surface area contributed by atoms with E-state index in [1.54, 1.807) is 13.8 Å². The Morgan fingerprint density at radius 2 is 2.25 bits per heavy atom. The number of hydrogen-bond donors (Lipinski definition) is 2. The second kappa shape index (κ2) is 6.67. The van der Waals surface area contributed by atoms with Crippen LogP contribution in [0.4, 0.5) is 4.79 Å². The van der Waals surface area contributed by atoms with Gasteiger partial charge in [0.05, 0.1) is 15.5 Å². The zero-order valence-corrected chi connectivity index (χ0v) is 12.7. The van der Waals surface area contributed by atoms with Crippen molar-refractivity contribution < 1.29 is 9.59 Å². The summed E-state index contributed by atoms with van der Waals surface area (Å²) in [7, 11) is 0. The number of fused-ring (bicyclic) bond motifs is 1. The maximum atomic E-state index is 11.9. The Morgan fingerprint density at radius 1 is 1.45 bits per heavy atom. The van der Waals surface area contributed by atoms with Gasteiger partial charge in [-0.1, -0.05) is 11.8 Å². The lowest BCUT2D eigenvalue weighted by Gasteiger charge is -2.11. The van der Waals surface area contributed by atoms with Crippen molar-refractivity contribution in [3.05, 3.63) is 17.8 Å². The summed E-state index contributed by atoms with van der Waals surface area (Å²) in [5, 5.41) is 7.08. The smallest absolute Gasteiger partial charge is 0.321 e. The van der Waals surface area contributed by atoms with Crippen LogP contribution >= 0.6 is 23.1 Å². The largest absolute Gasteiger partial charge is 0.338 e. The lowest BCUT2D eigenvalue weighted by atomic mass is 10.4.